The van der Waals surface area contributed by atoms with Gasteiger partial charge in [0.2, 0.25) is 0 Å². The number of hydrogen-bond donors (Lipinski definition) is 2. The number of rotatable bonds is 3. The van der Waals surface area contributed by atoms with Gasteiger partial charge in [-0.15, -0.1) is 6.42 Å². The molecule has 2 N–H and O–H groups in total. The Hall–Kier alpha value is -6.75. The van der Waals surface area contributed by atoms with Crippen LogP contribution in [0.15, 0.2) is 18.2 Å². The molecule has 0 aliphatic rings. The van der Waals surface area contributed by atoms with Crippen LogP contribution in [-0.4, -0.2) is 11.7 Å². The molecule has 0 heterocycles. The van der Waals surface area contributed by atoms with Crippen LogP contribution in [-0.2, 0) is 4.74 Å². The first-order chi connectivity index (χ1) is 18.8. The molecule has 0 aliphatic carbocycles. The molecular formula is C34H18N2O3. The number of carbonyl (C=O) groups is 1. The van der Waals surface area contributed by atoms with E-state index in [2.05, 4.69) is 135 Å². The lowest BCUT2D eigenvalue weighted by molar-refractivity contribution is 0.0541. The Labute approximate surface area is 230 Å². The van der Waals surface area contributed by atoms with Gasteiger partial charge < -0.3 is 9.47 Å². The van der Waals surface area contributed by atoms with Gasteiger partial charge in [-0.1, -0.05) is 6.07 Å². The van der Waals surface area contributed by atoms with Crippen LogP contribution in [0.25, 0.3) is 0 Å². The summed E-state index contributed by atoms with van der Waals surface area (Å²) in [6, 6.07) is 5.25. The van der Waals surface area contributed by atoms with Gasteiger partial charge in [-0.25, -0.2) is 10.2 Å². The highest BCUT2D eigenvalue weighted by Crippen LogP contribution is 2.22. The molecule has 0 atom stereocenters. The van der Waals surface area contributed by atoms with Crippen LogP contribution >= 0.6 is 0 Å². The lowest BCUT2D eigenvalue weighted by Gasteiger charge is -2.20. The Kier molecular flexibility index (Phi) is 14.4. The Bertz CT molecular complexity index is 1780. The molecule has 0 fully saturated rings. The predicted molar refractivity (Wildman–Crippen MR) is 151 cm³/mol. The highest BCUT2D eigenvalue weighted by Gasteiger charge is 2.15. The molecule has 1 aromatic rings. The van der Waals surface area contributed by atoms with Crippen LogP contribution in [0, 0.1) is 138 Å². The third-order valence-corrected chi connectivity index (χ3v) is 3.31. The highest BCUT2D eigenvalue weighted by molar-refractivity contribution is 5.70. The maximum Gasteiger partial charge on any atom is 0.426 e. The predicted octanol–water partition coefficient (Wildman–Crippen LogP) is 2.85. The smallest absolute Gasteiger partial charge is 0.426 e. The molecular weight excluding hydrogens is 484 g/mol. The number of carbonyl (C=O) groups excluding carboxylic acids is 1. The van der Waals surface area contributed by atoms with Crippen molar-refractivity contribution in [2.24, 2.45) is 0 Å². The van der Waals surface area contributed by atoms with Gasteiger partial charge in [-0.3, -0.25) is 5.43 Å². The second kappa shape index (κ2) is 18.6. The van der Waals surface area contributed by atoms with Gasteiger partial charge in [0.1, 0.15) is 17.5 Å². The largest absolute Gasteiger partial charge is 0.443 e. The first kappa shape index (κ1) is 30.3. The van der Waals surface area contributed by atoms with Gasteiger partial charge in [0.05, 0.1) is 5.69 Å². The molecule has 0 spiro atoms. The average molecular weight is 503 g/mol. The minimum Gasteiger partial charge on any atom is -0.443 e. The maximum atomic E-state index is 11.7. The van der Waals surface area contributed by atoms with Crippen molar-refractivity contribution in [3.8, 4) is 137 Å². The normalized spacial score (nSPS) is 7.05. The fourth-order valence-electron chi connectivity index (χ4n) is 1.89. The topological polar surface area (TPSA) is 59.6 Å². The Morgan fingerprint density at radius 3 is 1.59 bits per heavy atom. The van der Waals surface area contributed by atoms with E-state index in [-0.39, 0.29) is 0 Å². The molecule has 39 heavy (non-hydrogen) atoms. The van der Waals surface area contributed by atoms with Crippen molar-refractivity contribution in [2.75, 3.05) is 5.43 Å². The second-order valence-corrected chi connectivity index (χ2v) is 7.46. The van der Waals surface area contributed by atoms with Crippen molar-refractivity contribution in [1.29, 1.82) is 0 Å². The third-order valence-electron chi connectivity index (χ3n) is 3.31. The number of hydrazine groups is 1. The molecule has 0 saturated heterocycles. The Balaban J connectivity index is 2.54. The van der Waals surface area contributed by atoms with Gasteiger partial charge in [0.15, 0.2) is 0 Å². The highest BCUT2D eigenvalue weighted by atomic mass is 16.6. The minimum atomic E-state index is -0.605. The van der Waals surface area contributed by atoms with Gasteiger partial charge in [0.25, 0.3) is 0 Å². The average Bonchev–Trinajstić information content (AvgIpc) is 2.88. The van der Waals surface area contributed by atoms with E-state index in [9.17, 15) is 4.79 Å². The van der Waals surface area contributed by atoms with Gasteiger partial charge in [0, 0.05) is 77.1 Å². The standard InChI is InChI=1S/C34H18N2O3/c1-6-7-8-9-10-11-12-13-14-15-16-17-18-19-20-21-22-23-24-25-28-38-32-29-31(27-26-30(32)2)35-36-33(37)39-34(3,4)5/h1,26-27,29,35H,2-5H3,(H,36,37). The zero-order valence-corrected chi connectivity index (χ0v) is 21.5. The van der Waals surface area contributed by atoms with Gasteiger partial charge >= 0.3 is 6.09 Å². The van der Waals surface area contributed by atoms with E-state index in [1.54, 1.807) is 39.0 Å². The van der Waals surface area contributed by atoms with E-state index >= 15 is 0 Å². The maximum absolute atomic E-state index is 11.7. The molecule has 5 heteroatoms. The summed E-state index contributed by atoms with van der Waals surface area (Å²) in [4.78, 5) is 11.7. The number of benzene rings is 1. The van der Waals surface area contributed by atoms with Crippen LogP contribution in [0.5, 0.6) is 5.75 Å². The number of terminal acetylenes is 1. The van der Waals surface area contributed by atoms with Crippen molar-refractivity contribution < 1.29 is 14.3 Å². The van der Waals surface area contributed by atoms with E-state index < -0.39 is 11.7 Å². The molecule has 0 aromatic heterocycles. The summed E-state index contributed by atoms with van der Waals surface area (Å²) in [6.07, 6.45) is 6.81. The molecule has 5 nitrogen and oxygen atoms in total. The summed E-state index contributed by atoms with van der Waals surface area (Å²) in [5.74, 6) is 49.8. The molecule has 0 unspecified atom stereocenters. The first-order valence-electron chi connectivity index (χ1n) is 10.8. The van der Waals surface area contributed by atoms with E-state index in [4.69, 9.17) is 15.9 Å². The van der Waals surface area contributed by atoms with Crippen molar-refractivity contribution in [1.82, 2.24) is 5.43 Å². The van der Waals surface area contributed by atoms with Crippen LogP contribution in [0.3, 0.4) is 0 Å². The number of aryl methyl sites for hydroxylation is 1. The van der Waals surface area contributed by atoms with Crippen molar-refractivity contribution >= 4 is 11.8 Å². The van der Waals surface area contributed by atoms with Crippen molar-refractivity contribution in [3.63, 3.8) is 0 Å². The molecule has 182 valence electrons. The van der Waals surface area contributed by atoms with Crippen LogP contribution < -0.4 is 15.6 Å². The molecule has 0 radical (unpaired) electrons. The molecule has 0 aliphatic heterocycles. The van der Waals surface area contributed by atoms with Crippen molar-refractivity contribution in [3.05, 3.63) is 23.8 Å². The first-order valence-corrected chi connectivity index (χ1v) is 10.8. The zero-order valence-electron chi connectivity index (χ0n) is 21.5. The monoisotopic (exact) mass is 502 g/mol. The summed E-state index contributed by atoms with van der Waals surface area (Å²) in [5.41, 5.74) is 6.02. The number of anilines is 1. The van der Waals surface area contributed by atoms with E-state index in [1.807, 2.05) is 6.92 Å². The van der Waals surface area contributed by atoms with Gasteiger partial charge in [-0.2, -0.15) is 0 Å². The van der Waals surface area contributed by atoms with Crippen LogP contribution in [0.1, 0.15) is 26.3 Å². The van der Waals surface area contributed by atoms with E-state index in [1.165, 1.54) is 0 Å². The molecule has 0 saturated carbocycles. The Morgan fingerprint density at radius 1 is 0.718 bits per heavy atom. The Morgan fingerprint density at radius 2 is 1.15 bits per heavy atom. The SMILES string of the molecule is C#CC#CC#CC#CC#CC#CC#CC#CC#CC#CC#COc1cc(NNC(=O)OC(C)(C)C)ccc1C. The fourth-order valence-corrected chi connectivity index (χ4v) is 1.89. The number of amides is 1. The number of nitrogens with one attached hydrogen (secondary N) is 2. The summed E-state index contributed by atoms with van der Waals surface area (Å²) in [6.45, 7) is 7.17. The molecule has 1 aromatic carbocycles. The quantitative estimate of drug-likeness (QED) is 0.493. The molecule has 1 rings (SSSR count). The number of hydrogen-bond acceptors (Lipinski definition) is 4. The third kappa shape index (κ3) is 17.4. The van der Waals surface area contributed by atoms with Gasteiger partial charge in [-0.05, 0) is 86.7 Å². The zero-order chi connectivity index (χ0) is 28.6. The summed E-state index contributed by atoms with van der Waals surface area (Å²) >= 11 is 0. The number of ether oxygens (including phenoxy) is 2. The minimum absolute atomic E-state index is 0.495. The summed E-state index contributed by atoms with van der Waals surface area (Å²) in [5, 5.41) is 0. The van der Waals surface area contributed by atoms with Crippen LogP contribution in [0.2, 0.25) is 0 Å². The lowest BCUT2D eigenvalue weighted by Crippen LogP contribution is -2.35. The molecule has 1 amide bonds. The molecule has 0 bridgehead atoms. The fraction of sp³-hybridized carbons (Fsp3) is 0.147. The van der Waals surface area contributed by atoms with Crippen LogP contribution in [0.4, 0.5) is 10.5 Å². The summed E-state index contributed by atoms with van der Waals surface area (Å²) in [7, 11) is 0. The second-order valence-electron chi connectivity index (χ2n) is 7.46. The van der Waals surface area contributed by atoms with E-state index in [0.717, 1.165) is 5.56 Å². The van der Waals surface area contributed by atoms with E-state index in [0.29, 0.717) is 11.4 Å². The summed E-state index contributed by atoms with van der Waals surface area (Å²) < 4.78 is 10.6. The lowest BCUT2D eigenvalue weighted by atomic mass is 10.2. The van der Waals surface area contributed by atoms with Crippen molar-refractivity contribution in [2.45, 2.75) is 33.3 Å².